The van der Waals surface area contributed by atoms with Gasteiger partial charge in [-0.2, -0.15) is 0 Å². The first-order valence-corrected chi connectivity index (χ1v) is 6.49. The summed E-state index contributed by atoms with van der Waals surface area (Å²) in [6.07, 6.45) is 0. The Morgan fingerprint density at radius 2 is 1.72 bits per heavy atom. The van der Waals surface area contributed by atoms with Crippen molar-refractivity contribution < 1.29 is 0 Å². The van der Waals surface area contributed by atoms with Gasteiger partial charge in [-0.3, -0.25) is 0 Å². The van der Waals surface area contributed by atoms with Crippen LogP contribution in [0.1, 0.15) is 28.3 Å². The fourth-order valence-corrected chi connectivity index (χ4v) is 2.35. The van der Waals surface area contributed by atoms with Crippen LogP contribution in [0.2, 0.25) is 5.02 Å². The summed E-state index contributed by atoms with van der Waals surface area (Å²) in [4.78, 5) is 0. The van der Waals surface area contributed by atoms with E-state index < -0.39 is 0 Å². The Morgan fingerprint density at radius 1 is 1.00 bits per heavy atom. The Hall–Kier alpha value is -1.31. The predicted octanol–water partition coefficient (Wildman–Crippen LogP) is 4.27. The minimum Gasteiger partial charge on any atom is -0.309 e. The van der Waals surface area contributed by atoms with Crippen molar-refractivity contribution in [1.82, 2.24) is 5.32 Å². The number of hydrogen-bond donors (Lipinski definition) is 1. The van der Waals surface area contributed by atoms with Crippen molar-refractivity contribution in [3.8, 4) is 0 Å². The molecule has 2 heteroatoms. The van der Waals surface area contributed by atoms with Crippen molar-refractivity contribution in [3.63, 3.8) is 0 Å². The van der Waals surface area contributed by atoms with Gasteiger partial charge >= 0.3 is 0 Å². The average Bonchev–Trinajstić information content (AvgIpc) is 2.35. The monoisotopic (exact) mass is 259 g/mol. The van der Waals surface area contributed by atoms with Crippen LogP contribution in [-0.2, 0) is 0 Å². The van der Waals surface area contributed by atoms with Crippen LogP contribution in [0.4, 0.5) is 0 Å². The molecule has 2 aromatic carbocycles. The van der Waals surface area contributed by atoms with E-state index in [2.05, 4.69) is 48.6 Å². The molecule has 94 valence electrons. The minimum absolute atomic E-state index is 0.183. The lowest BCUT2D eigenvalue weighted by Crippen LogP contribution is -2.17. The van der Waals surface area contributed by atoms with E-state index in [4.69, 9.17) is 11.6 Å². The quantitative estimate of drug-likeness (QED) is 0.868. The van der Waals surface area contributed by atoms with Gasteiger partial charge in [-0.1, -0.05) is 53.6 Å². The summed E-state index contributed by atoms with van der Waals surface area (Å²) in [5.74, 6) is 0. The second-order valence-electron chi connectivity index (χ2n) is 4.64. The van der Waals surface area contributed by atoms with Crippen LogP contribution in [0.15, 0.2) is 42.5 Å². The first-order valence-electron chi connectivity index (χ1n) is 6.11. The highest BCUT2D eigenvalue weighted by Crippen LogP contribution is 2.26. The molecule has 1 nitrogen and oxygen atoms in total. The van der Waals surface area contributed by atoms with Gasteiger partial charge in [0.15, 0.2) is 0 Å². The molecule has 0 heterocycles. The van der Waals surface area contributed by atoms with E-state index in [1.807, 2.05) is 20.0 Å². The Bertz CT molecular complexity index is 549. The van der Waals surface area contributed by atoms with Gasteiger partial charge in [-0.15, -0.1) is 0 Å². The molecule has 0 aromatic heterocycles. The number of benzene rings is 2. The molecule has 18 heavy (non-hydrogen) atoms. The number of halogens is 1. The van der Waals surface area contributed by atoms with Gasteiger partial charge in [-0.05, 0) is 43.7 Å². The van der Waals surface area contributed by atoms with Crippen molar-refractivity contribution >= 4 is 11.6 Å². The highest BCUT2D eigenvalue weighted by atomic mass is 35.5. The molecule has 0 saturated carbocycles. The van der Waals surface area contributed by atoms with Crippen molar-refractivity contribution in [2.24, 2.45) is 0 Å². The molecule has 0 aliphatic heterocycles. The molecule has 0 aliphatic carbocycles. The minimum atomic E-state index is 0.183. The van der Waals surface area contributed by atoms with E-state index in [0.29, 0.717) is 0 Å². The molecule has 2 aromatic rings. The van der Waals surface area contributed by atoms with E-state index in [0.717, 1.165) is 10.6 Å². The van der Waals surface area contributed by atoms with Crippen LogP contribution >= 0.6 is 11.6 Å². The maximum absolute atomic E-state index is 6.21. The topological polar surface area (TPSA) is 12.0 Å². The molecule has 0 spiro atoms. The van der Waals surface area contributed by atoms with Crippen molar-refractivity contribution in [3.05, 3.63) is 69.7 Å². The fraction of sp³-hybridized carbons (Fsp3) is 0.250. The van der Waals surface area contributed by atoms with E-state index in [-0.39, 0.29) is 6.04 Å². The van der Waals surface area contributed by atoms with Crippen molar-refractivity contribution in [2.45, 2.75) is 19.9 Å². The largest absolute Gasteiger partial charge is 0.309 e. The Balaban J connectivity index is 2.42. The highest BCUT2D eigenvalue weighted by Gasteiger charge is 2.12. The van der Waals surface area contributed by atoms with Crippen LogP contribution in [0.5, 0.6) is 0 Å². The molecule has 0 radical (unpaired) electrons. The predicted molar refractivity (Wildman–Crippen MR) is 78.3 cm³/mol. The van der Waals surface area contributed by atoms with Crippen LogP contribution in [-0.4, -0.2) is 7.05 Å². The molecule has 0 bridgehead atoms. The average molecular weight is 260 g/mol. The smallest absolute Gasteiger partial charge is 0.0574 e. The summed E-state index contributed by atoms with van der Waals surface area (Å²) in [5.41, 5.74) is 4.83. The van der Waals surface area contributed by atoms with Gasteiger partial charge in [0, 0.05) is 5.02 Å². The van der Waals surface area contributed by atoms with Gasteiger partial charge < -0.3 is 5.32 Å². The van der Waals surface area contributed by atoms with Crippen molar-refractivity contribution in [2.75, 3.05) is 7.05 Å². The zero-order chi connectivity index (χ0) is 13.1. The van der Waals surface area contributed by atoms with E-state index >= 15 is 0 Å². The first kappa shape index (κ1) is 13.1. The third-order valence-corrected chi connectivity index (χ3v) is 3.60. The third kappa shape index (κ3) is 2.74. The molecule has 1 atom stereocenters. The maximum atomic E-state index is 6.21. The van der Waals surface area contributed by atoms with Crippen LogP contribution < -0.4 is 5.32 Å². The zero-order valence-corrected chi connectivity index (χ0v) is 11.8. The molecule has 0 aliphatic rings. The number of rotatable bonds is 3. The van der Waals surface area contributed by atoms with Gasteiger partial charge in [0.05, 0.1) is 6.04 Å². The molecule has 0 amide bonds. The lowest BCUT2D eigenvalue weighted by molar-refractivity contribution is 0.691. The summed E-state index contributed by atoms with van der Waals surface area (Å²) >= 11 is 6.21. The van der Waals surface area contributed by atoms with E-state index in [1.165, 1.54) is 16.7 Å². The second kappa shape index (κ2) is 5.55. The lowest BCUT2D eigenvalue weighted by Gasteiger charge is -2.18. The molecule has 0 fully saturated rings. The maximum Gasteiger partial charge on any atom is 0.0574 e. The lowest BCUT2D eigenvalue weighted by atomic mass is 9.97. The van der Waals surface area contributed by atoms with Crippen LogP contribution in [0, 0.1) is 13.8 Å². The van der Waals surface area contributed by atoms with Crippen LogP contribution in [0.25, 0.3) is 0 Å². The Morgan fingerprint density at radius 3 is 2.33 bits per heavy atom. The number of aryl methyl sites for hydroxylation is 2. The standard InChI is InChI=1S/C16H18ClN/c1-11-5-4-6-13(9-11)16(18-3)14-8-7-12(2)15(17)10-14/h4-10,16,18H,1-3H3. The van der Waals surface area contributed by atoms with Gasteiger partial charge in [0.25, 0.3) is 0 Å². The van der Waals surface area contributed by atoms with Gasteiger partial charge in [0.2, 0.25) is 0 Å². The van der Waals surface area contributed by atoms with Crippen LogP contribution in [0.3, 0.4) is 0 Å². The molecule has 1 unspecified atom stereocenters. The normalized spacial score (nSPS) is 12.4. The Labute approximate surface area is 114 Å². The molecule has 1 N–H and O–H groups in total. The zero-order valence-electron chi connectivity index (χ0n) is 11.0. The number of hydrogen-bond acceptors (Lipinski definition) is 1. The number of nitrogens with one attached hydrogen (secondary N) is 1. The summed E-state index contributed by atoms with van der Waals surface area (Å²) in [5, 5.41) is 4.17. The van der Waals surface area contributed by atoms with Crippen molar-refractivity contribution in [1.29, 1.82) is 0 Å². The van der Waals surface area contributed by atoms with Gasteiger partial charge in [-0.25, -0.2) is 0 Å². The molecular formula is C16H18ClN. The van der Waals surface area contributed by atoms with E-state index in [9.17, 15) is 0 Å². The fourth-order valence-electron chi connectivity index (χ4n) is 2.16. The summed E-state index contributed by atoms with van der Waals surface area (Å²) in [6.45, 7) is 4.13. The van der Waals surface area contributed by atoms with Gasteiger partial charge in [0.1, 0.15) is 0 Å². The molecule has 0 saturated heterocycles. The second-order valence-corrected chi connectivity index (χ2v) is 5.05. The molecule has 2 rings (SSSR count). The molecular weight excluding hydrogens is 242 g/mol. The summed E-state index contributed by atoms with van der Waals surface area (Å²) < 4.78 is 0. The third-order valence-electron chi connectivity index (χ3n) is 3.19. The van der Waals surface area contributed by atoms with E-state index in [1.54, 1.807) is 0 Å². The Kier molecular flexibility index (Phi) is 4.05. The highest BCUT2D eigenvalue weighted by molar-refractivity contribution is 6.31. The summed E-state index contributed by atoms with van der Waals surface area (Å²) in [7, 11) is 1.97. The summed E-state index contributed by atoms with van der Waals surface area (Å²) in [6, 6.07) is 15.0. The first-order chi connectivity index (χ1) is 8.61. The SMILES string of the molecule is CNC(c1cccc(C)c1)c1ccc(C)c(Cl)c1.